The minimum atomic E-state index is -1.20. The Morgan fingerprint density at radius 3 is 3.00 bits per heavy atom. The smallest absolute Gasteiger partial charge is 0.185 e. The Kier molecular flexibility index (Phi) is 1.87. The molecule has 0 radical (unpaired) electrons. The molecule has 0 fully saturated rings. The predicted molar refractivity (Wildman–Crippen MR) is 35.3 cm³/mol. The number of carbonyl (C=O) groups excluding carboxylic acids is 1. The third-order valence-corrected chi connectivity index (χ3v) is 1.50. The van der Waals surface area contributed by atoms with E-state index >= 15 is 0 Å². The summed E-state index contributed by atoms with van der Waals surface area (Å²) in [6.45, 7) is 1.78. The second kappa shape index (κ2) is 2.52. The molecule has 0 aliphatic carbocycles. The van der Waals surface area contributed by atoms with Crippen LogP contribution in [0.3, 0.4) is 0 Å². The van der Waals surface area contributed by atoms with Gasteiger partial charge in [-0.2, -0.15) is 0 Å². The first-order valence-electron chi connectivity index (χ1n) is 3.25. The van der Waals surface area contributed by atoms with Gasteiger partial charge in [-0.05, 0) is 12.2 Å². The number of ether oxygens (including phenoxy) is 1. The number of aliphatic hydroxyl groups is 1. The van der Waals surface area contributed by atoms with Crippen LogP contribution in [-0.4, -0.2) is 23.3 Å². The average Bonchev–Trinajstić information content (AvgIpc) is 1.96. The van der Waals surface area contributed by atoms with Gasteiger partial charge in [-0.1, -0.05) is 6.92 Å². The van der Waals surface area contributed by atoms with Crippen LogP contribution in [0, 0.1) is 0 Å². The Morgan fingerprint density at radius 1 is 1.90 bits per heavy atom. The molecule has 3 heteroatoms. The summed E-state index contributed by atoms with van der Waals surface area (Å²) in [5, 5.41) is 9.34. The standard InChI is InChI=1S/C7H10O3/c1-2-7(9)4-3-6(8)5-10-7/h3-4,9H,2,5H2,1H3. The molecule has 1 unspecified atom stereocenters. The zero-order valence-corrected chi connectivity index (χ0v) is 5.83. The van der Waals surface area contributed by atoms with Crippen LogP contribution in [0.25, 0.3) is 0 Å². The molecule has 1 aliphatic rings. The highest BCUT2D eigenvalue weighted by molar-refractivity contribution is 5.91. The molecule has 1 atom stereocenters. The first-order chi connectivity index (χ1) is 4.66. The lowest BCUT2D eigenvalue weighted by Crippen LogP contribution is -2.34. The average molecular weight is 142 g/mol. The third kappa shape index (κ3) is 1.43. The lowest BCUT2D eigenvalue weighted by atomic mass is 10.1. The highest BCUT2D eigenvalue weighted by Gasteiger charge is 2.25. The monoisotopic (exact) mass is 142 g/mol. The minimum Gasteiger partial charge on any atom is -0.362 e. The quantitative estimate of drug-likeness (QED) is 0.570. The van der Waals surface area contributed by atoms with E-state index in [1.807, 2.05) is 0 Å². The molecule has 1 rings (SSSR count). The van der Waals surface area contributed by atoms with E-state index in [2.05, 4.69) is 0 Å². The van der Waals surface area contributed by atoms with Crippen molar-refractivity contribution in [1.29, 1.82) is 0 Å². The van der Waals surface area contributed by atoms with Crippen molar-refractivity contribution >= 4 is 5.78 Å². The molecular weight excluding hydrogens is 132 g/mol. The first kappa shape index (κ1) is 7.44. The van der Waals surface area contributed by atoms with Crippen LogP contribution in [0.5, 0.6) is 0 Å². The molecule has 10 heavy (non-hydrogen) atoms. The molecule has 3 nitrogen and oxygen atoms in total. The summed E-state index contributed by atoms with van der Waals surface area (Å²) in [5.41, 5.74) is 0. The number of hydrogen-bond donors (Lipinski definition) is 1. The Balaban J connectivity index is 2.68. The molecule has 0 bridgehead atoms. The lowest BCUT2D eigenvalue weighted by molar-refractivity contribution is -0.177. The van der Waals surface area contributed by atoms with Gasteiger partial charge in [-0.15, -0.1) is 0 Å². The van der Waals surface area contributed by atoms with Gasteiger partial charge in [0.15, 0.2) is 11.6 Å². The molecule has 0 spiro atoms. The molecule has 0 saturated carbocycles. The van der Waals surface area contributed by atoms with E-state index in [0.717, 1.165) is 0 Å². The summed E-state index contributed by atoms with van der Waals surface area (Å²) in [7, 11) is 0. The number of carbonyl (C=O) groups is 1. The van der Waals surface area contributed by atoms with Gasteiger partial charge in [0.05, 0.1) is 0 Å². The highest BCUT2D eigenvalue weighted by atomic mass is 16.6. The highest BCUT2D eigenvalue weighted by Crippen LogP contribution is 2.16. The van der Waals surface area contributed by atoms with E-state index in [0.29, 0.717) is 6.42 Å². The second-order valence-corrected chi connectivity index (χ2v) is 2.29. The van der Waals surface area contributed by atoms with Crippen molar-refractivity contribution < 1.29 is 14.6 Å². The molecular formula is C7H10O3. The zero-order chi connectivity index (χ0) is 7.61. The summed E-state index contributed by atoms with van der Waals surface area (Å²) in [6, 6.07) is 0. The molecule has 0 aromatic carbocycles. The van der Waals surface area contributed by atoms with Crippen LogP contribution in [-0.2, 0) is 9.53 Å². The Labute approximate surface area is 59.3 Å². The maximum atomic E-state index is 10.5. The van der Waals surface area contributed by atoms with Gasteiger partial charge in [-0.3, -0.25) is 4.79 Å². The molecule has 1 aliphatic heterocycles. The van der Waals surface area contributed by atoms with Crippen molar-refractivity contribution in [3.05, 3.63) is 12.2 Å². The molecule has 0 aromatic heterocycles. The third-order valence-electron chi connectivity index (χ3n) is 1.50. The molecule has 0 amide bonds. The molecule has 0 aromatic rings. The van der Waals surface area contributed by atoms with E-state index in [1.54, 1.807) is 6.92 Å². The lowest BCUT2D eigenvalue weighted by Gasteiger charge is -2.25. The van der Waals surface area contributed by atoms with Gasteiger partial charge in [0, 0.05) is 6.42 Å². The summed E-state index contributed by atoms with van der Waals surface area (Å²) < 4.78 is 4.85. The maximum absolute atomic E-state index is 10.5. The van der Waals surface area contributed by atoms with E-state index < -0.39 is 5.79 Å². The summed E-state index contributed by atoms with van der Waals surface area (Å²) in [6.07, 6.45) is 3.21. The topological polar surface area (TPSA) is 46.5 Å². The zero-order valence-electron chi connectivity index (χ0n) is 5.83. The van der Waals surface area contributed by atoms with Gasteiger partial charge < -0.3 is 9.84 Å². The van der Waals surface area contributed by atoms with Crippen LogP contribution >= 0.6 is 0 Å². The predicted octanol–water partition coefficient (Wildman–Crippen LogP) is 0.240. The summed E-state index contributed by atoms with van der Waals surface area (Å²) >= 11 is 0. The van der Waals surface area contributed by atoms with Crippen LogP contribution in [0.15, 0.2) is 12.2 Å². The van der Waals surface area contributed by atoms with E-state index in [9.17, 15) is 9.90 Å². The Bertz CT molecular complexity index is 174. The van der Waals surface area contributed by atoms with Crippen molar-refractivity contribution in [2.75, 3.05) is 6.61 Å². The van der Waals surface area contributed by atoms with Gasteiger partial charge in [0.25, 0.3) is 0 Å². The van der Waals surface area contributed by atoms with Crippen LogP contribution in [0.4, 0.5) is 0 Å². The van der Waals surface area contributed by atoms with Crippen molar-refractivity contribution in [1.82, 2.24) is 0 Å². The molecule has 1 N–H and O–H groups in total. The van der Waals surface area contributed by atoms with Crippen LogP contribution < -0.4 is 0 Å². The molecule has 0 saturated heterocycles. The normalized spacial score (nSPS) is 32.8. The van der Waals surface area contributed by atoms with E-state index in [1.165, 1.54) is 12.2 Å². The number of ketones is 1. The fraction of sp³-hybridized carbons (Fsp3) is 0.571. The van der Waals surface area contributed by atoms with Gasteiger partial charge in [-0.25, -0.2) is 0 Å². The van der Waals surface area contributed by atoms with Crippen LogP contribution in [0.1, 0.15) is 13.3 Å². The maximum Gasteiger partial charge on any atom is 0.185 e. The van der Waals surface area contributed by atoms with Gasteiger partial charge in [0.2, 0.25) is 0 Å². The largest absolute Gasteiger partial charge is 0.362 e. The minimum absolute atomic E-state index is 0.0131. The van der Waals surface area contributed by atoms with Crippen molar-refractivity contribution in [3.8, 4) is 0 Å². The first-order valence-corrected chi connectivity index (χ1v) is 3.25. The van der Waals surface area contributed by atoms with Gasteiger partial charge >= 0.3 is 0 Å². The number of hydrogen-bond acceptors (Lipinski definition) is 3. The number of rotatable bonds is 1. The van der Waals surface area contributed by atoms with E-state index in [-0.39, 0.29) is 12.4 Å². The molecule has 1 heterocycles. The van der Waals surface area contributed by atoms with Crippen molar-refractivity contribution in [2.45, 2.75) is 19.1 Å². The van der Waals surface area contributed by atoms with Crippen molar-refractivity contribution in [2.24, 2.45) is 0 Å². The fourth-order valence-corrected chi connectivity index (χ4v) is 0.735. The summed E-state index contributed by atoms with van der Waals surface area (Å²) in [5.74, 6) is -1.30. The van der Waals surface area contributed by atoms with Crippen molar-refractivity contribution in [3.63, 3.8) is 0 Å². The van der Waals surface area contributed by atoms with Gasteiger partial charge in [0.1, 0.15) is 6.61 Å². The second-order valence-electron chi connectivity index (χ2n) is 2.29. The fourth-order valence-electron chi connectivity index (χ4n) is 0.735. The Hall–Kier alpha value is -0.670. The van der Waals surface area contributed by atoms with E-state index in [4.69, 9.17) is 4.74 Å². The van der Waals surface area contributed by atoms with Crippen LogP contribution in [0.2, 0.25) is 0 Å². The Morgan fingerprint density at radius 2 is 2.60 bits per heavy atom. The molecule has 56 valence electrons. The summed E-state index contributed by atoms with van der Waals surface area (Å²) in [4.78, 5) is 10.5. The SMILES string of the molecule is CCC1(O)C=CC(=O)CO1.